The molecule has 0 saturated carbocycles. The highest BCUT2D eigenvalue weighted by Crippen LogP contribution is 2.36. The predicted octanol–water partition coefficient (Wildman–Crippen LogP) is 5.69. The van der Waals surface area contributed by atoms with Crippen molar-refractivity contribution in [3.05, 3.63) is 69.9 Å². The number of hydrogen-bond acceptors (Lipinski definition) is 6. The third-order valence-corrected chi connectivity index (χ3v) is 4.95. The molecule has 0 amide bonds. The van der Waals surface area contributed by atoms with Gasteiger partial charge in [0, 0.05) is 10.8 Å². The van der Waals surface area contributed by atoms with Crippen molar-refractivity contribution >= 4 is 33.1 Å². The zero-order valence-electron chi connectivity index (χ0n) is 14.9. The molecule has 2 heterocycles. The Hall–Kier alpha value is -3.33. The molecular weight excluding hydrogens is 405 g/mol. The van der Waals surface area contributed by atoms with E-state index in [1.54, 1.807) is 18.6 Å². The standard InChI is InChI=1S/C20H13F3N2O3S/c1-27-16-8-3-2-7-14(16)24-19-25-15(10-29-19)12-9-11-5-4-6-13(20(21,22)23)17(11)28-18(12)26/h2-10H,1H3,(H,24,25). The number of methoxy groups -OCH3 is 1. The number of anilines is 2. The third kappa shape index (κ3) is 3.68. The highest BCUT2D eigenvalue weighted by molar-refractivity contribution is 7.14. The molecule has 148 valence electrons. The van der Waals surface area contributed by atoms with Crippen LogP contribution in [0.2, 0.25) is 0 Å². The van der Waals surface area contributed by atoms with Gasteiger partial charge in [0.05, 0.1) is 29.6 Å². The van der Waals surface area contributed by atoms with Crippen LogP contribution < -0.4 is 15.7 Å². The molecule has 0 aliphatic carbocycles. The van der Waals surface area contributed by atoms with Crippen molar-refractivity contribution < 1.29 is 22.3 Å². The van der Waals surface area contributed by atoms with Gasteiger partial charge in [0.15, 0.2) is 10.7 Å². The number of alkyl halides is 3. The Bertz CT molecular complexity index is 1250. The SMILES string of the molecule is COc1ccccc1Nc1nc(-c2cc3cccc(C(F)(F)F)c3oc2=O)cs1. The van der Waals surface area contributed by atoms with Gasteiger partial charge in [0.2, 0.25) is 0 Å². The average molecular weight is 418 g/mol. The minimum absolute atomic E-state index is 0.0844. The minimum atomic E-state index is -4.62. The minimum Gasteiger partial charge on any atom is -0.495 e. The topological polar surface area (TPSA) is 64.4 Å². The molecule has 0 aliphatic rings. The molecule has 4 rings (SSSR count). The smallest absolute Gasteiger partial charge is 0.420 e. The van der Waals surface area contributed by atoms with Crippen molar-refractivity contribution in [1.29, 1.82) is 0 Å². The van der Waals surface area contributed by atoms with Crippen LogP contribution in [0, 0.1) is 0 Å². The normalized spacial score (nSPS) is 11.6. The molecule has 0 aliphatic heterocycles. The second-order valence-corrected chi connectivity index (χ2v) is 6.89. The van der Waals surface area contributed by atoms with Crippen LogP contribution in [0.15, 0.2) is 63.1 Å². The van der Waals surface area contributed by atoms with E-state index in [4.69, 9.17) is 9.15 Å². The number of rotatable bonds is 4. The van der Waals surface area contributed by atoms with Crippen molar-refractivity contribution in [3.63, 3.8) is 0 Å². The number of hydrogen-bond donors (Lipinski definition) is 1. The maximum atomic E-state index is 13.2. The fourth-order valence-corrected chi connectivity index (χ4v) is 3.59. The maximum absolute atomic E-state index is 13.2. The van der Waals surface area contributed by atoms with Crippen LogP contribution in [-0.2, 0) is 6.18 Å². The van der Waals surface area contributed by atoms with E-state index < -0.39 is 22.9 Å². The fraction of sp³-hybridized carbons (Fsp3) is 0.100. The van der Waals surface area contributed by atoms with E-state index in [1.165, 1.54) is 29.5 Å². The van der Waals surface area contributed by atoms with Gasteiger partial charge < -0.3 is 14.5 Å². The molecule has 0 atom stereocenters. The quantitative estimate of drug-likeness (QED) is 0.432. The number of para-hydroxylation sites is 3. The molecule has 1 N–H and O–H groups in total. The molecule has 0 bridgehead atoms. The highest BCUT2D eigenvalue weighted by atomic mass is 32.1. The van der Waals surface area contributed by atoms with Crippen LogP contribution in [-0.4, -0.2) is 12.1 Å². The summed E-state index contributed by atoms with van der Waals surface area (Å²) in [5.74, 6) is 0.620. The number of aromatic nitrogens is 1. The first-order chi connectivity index (χ1) is 13.9. The third-order valence-electron chi connectivity index (χ3n) is 4.19. The van der Waals surface area contributed by atoms with Crippen LogP contribution >= 0.6 is 11.3 Å². The number of nitrogens with one attached hydrogen (secondary N) is 1. The van der Waals surface area contributed by atoms with Gasteiger partial charge in [-0.1, -0.05) is 24.3 Å². The van der Waals surface area contributed by atoms with Crippen molar-refractivity contribution in [2.24, 2.45) is 0 Å². The van der Waals surface area contributed by atoms with Crippen LogP contribution in [0.4, 0.5) is 24.0 Å². The molecule has 0 unspecified atom stereocenters. The molecular formula is C20H13F3N2O3S. The van der Waals surface area contributed by atoms with Crippen molar-refractivity contribution in [1.82, 2.24) is 4.98 Å². The second kappa shape index (κ2) is 7.25. The summed E-state index contributed by atoms with van der Waals surface area (Å²) >= 11 is 1.24. The number of fused-ring (bicyclic) bond motifs is 1. The lowest BCUT2D eigenvalue weighted by Gasteiger charge is -2.09. The fourth-order valence-electron chi connectivity index (χ4n) is 2.86. The molecule has 9 heteroatoms. The molecule has 2 aromatic carbocycles. The van der Waals surface area contributed by atoms with Gasteiger partial charge in [-0.05, 0) is 24.3 Å². The first-order valence-corrected chi connectivity index (χ1v) is 9.25. The zero-order chi connectivity index (χ0) is 20.6. The second-order valence-electron chi connectivity index (χ2n) is 6.03. The summed E-state index contributed by atoms with van der Waals surface area (Å²) in [6, 6.07) is 12.2. The van der Waals surface area contributed by atoms with E-state index in [2.05, 4.69) is 10.3 Å². The number of halogens is 3. The molecule has 4 aromatic rings. The lowest BCUT2D eigenvalue weighted by atomic mass is 10.1. The number of nitrogens with zero attached hydrogens (tertiary/aromatic N) is 1. The molecule has 0 fully saturated rings. The Morgan fingerprint density at radius 1 is 1.14 bits per heavy atom. The number of thiazole rings is 1. The Kier molecular flexibility index (Phi) is 4.75. The van der Waals surface area contributed by atoms with Crippen LogP contribution in [0.25, 0.3) is 22.2 Å². The Balaban J connectivity index is 1.73. The molecule has 0 spiro atoms. The van der Waals surface area contributed by atoms with Crippen molar-refractivity contribution in [2.45, 2.75) is 6.18 Å². The summed E-state index contributed by atoms with van der Waals surface area (Å²) in [6.45, 7) is 0. The zero-order valence-corrected chi connectivity index (χ0v) is 15.7. The summed E-state index contributed by atoms with van der Waals surface area (Å²) in [7, 11) is 1.54. The summed E-state index contributed by atoms with van der Waals surface area (Å²) in [4.78, 5) is 16.7. The summed E-state index contributed by atoms with van der Waals surface area (Å²) < 4.78 is 49.8. The van der Waals surface area contributed by atoms with Crippen LogP contribution in [0.3, 0.4) is 0 Å². The summed E-state index contributed by atoms with van der Waals surface area (Å²) in [5.41, 5.74) is -1.28. The summed E-state index contributed by atoms with van der Waals surface area (Å²) in [5, 5.41) is 5.39. The van der Waals surface area contributed by atoms with Crippen LogP contribution in [0.1, 0.15) is 5.56 Å². The van der Waals surface area contributed by atoms with Crippen LogP contribution in [0.5, 0.6) is 5.75 Å². The van der Waals surface area contributed by atoms with Gasteiger partial charge in [0.1, 0.15) is 5.75 Å². The maximum Gasteiger partial charge on any atom is 0.420 e. The largest absolute Gasteiger partial charge is 0.495 e. The van der Waals surface area contributed by atoms with Crippen molar-refractivity contribution in [3.8, 4) is 17.0 Å². The summed E-state index contributed by atoms with van der Waals surface area (Å²) in [6.07, 6.45) is -4.62. The van der Waals surface area contributed by atoms with Gasteiger partial charge in [-0.3, -0.25) is 0 Å². The Labute approximate surface area is 166 Å². The number of ether oxygens (including phenoxy) is 1. The van der Waals surface area contributed by atoms with E-state index in [0.29, 0.717) is 22.3 Å². The molecule has 0 radical (unpaired) electrons. The molecule has 5 nitrogen and oxygen atoms in total. The van der Waals surface area contributed by atoms with E-state index in [9.17, 15) is 18.0 Å². The van der Waals surface area contributed by atoms with Gasteiger partial charge >= 0.3 is 11.8 Å². The first-order valence-electron chi connectivity index (χ1n) is 8.37. The first kappa shape index (κ1) is 19.0. The molecule has 2 aromatic heterocycles. The molecule has 0 saturated heterocycles. The number of benzene rings is 2. The Morgan fingerprint density at radius 3 is 2.69 bits per heavy atom. The average Bonchev–Trinajstić information content (AvgIpc) is 3.15. The lowest BCUT2D eigenvalue weighted by molar-refractivity contribution is -0.136. The van der Waals surface area contributed by atoms with E-state index in [1.807, 2.05) is 18.2 Å². The van der Waals surface area contributed by atoms with E-state index in [-0.39, 0.29) is 10.9 Å². The predicted molar refractivity (Wildman–Crippen MR) is 105 cm³/mol. The van der Waals surface area contributed by atoms with E-state index >= 15 is 0 Å². The monoisotopic (exact) mass is 418 g/mol. The highest BCUT2D eigenvalue weighted by Gasteiger charge is 2.34. The van der Waals surface area contributed by atoms with E-state index in [0.717, 1.165) is 6.07 Å². The van der Waals surface area contributed by atoms with Gasteiger partial charge in [-0.2, -0.15) is 13.2 Å². The molecule has 29 heavy (non-hydrogen) atoms. The Morgan fingerprint density at radius 2 is 1.93 bits per heavy atom. The van der Waals surface area contributed by atoms with Crippen molar-refractivity contribution in [2.75, 3.05) is 12.4 Å². The van der Waals surface area contributed by atoms with Gasteiger partial charge in [0.25, 0.3) is 0 Å². The van der Waals surface area contributed by atoms with Gasteiger partial charge in [-0.15, -0.1) is 11.3 Å². The lowest BCUT2D eigenvalue weighted by Crippen LogP contribution is -2.09. The van der Waals surface area contributed by atoms with Gasteiger partial charge in [-0.25, -0.2) is 9.78 Å².